The molecule has 0 N–H and O–H groups in total. The second kappa shape index (κ2) is 7.14. The van der Waals surface area contributed by atoms with Crippen molar-refractivity contribution in [1.82, 2.24) is 4.90 Å². The van der Waals surface area contributed by atoms with Gasteiger partial charge < -0.3 is 9.47 Å². The van der Waals surface area contributed by atoms with Crippen molar-refractivity contribution in [2.24, 2.45) is 11.8 Å². The van der Waals surface area contributed by atoms with E-state index in [0.717, 1.165) is 0 Å². The number of carbonyl (C=O) groups is 1. The van der Waals surface area contributed by atoms with E-state index in [1.54, 1.807) is 0 Å². The Morgan fingerprint density at radius 1 is 1.54 bits per heavy atom. The first-order chi connectivity index (χ1) is 20.4. The SMILES string of the molecule is [2H]c1c(OC([2H])([2H])[2H])c(OC([2H])([2H])[2H])c([2H])c2c1C([2H])([2H])C([2H])([2H])N1CC([2H])(C([2H])([2H])C([2H])(C([2H])[2H])C([2H])([2H])C)C(=O)C([2H])([2H])C21[2H]. The fraction of sp³-hybridized carbons (Fsp3) is 0.650. The molecule has 1 aromatic rings. The van der Waals surface area contributed by atoms with Crippen molar-refractivity contribution in [2.45, 2.75) is 45.3 Å². The summed E-state index contributed by atoms with van der Waals surface area (Å²) in [6.07, 6.45) is -15.2. The number of ketones is 1. The van der Waals surface area contributed by atoms with E-state index in [-0.39, 0.29) is 4.90 Å². The Kier molecular flexibility index (Phi) is 1.36. The van der Waals surface area contributed by atoms with Crippen LogP contribution in [0.3, 0.4) is 0 Å². The van der Waals surface area contributed by atoms with E-state index in [2.05, 4.69) is 9.47 Å². The van der Waals surface area contributed by atoms with Crippen LogP contribution in [0.1, 0.15) is 81.6 Å². The summed E-state index contributed by atoms with van der Waals surface area (Å²) in [5.74, 6) is -12.8. The molecule has 0 spiro atoms. The second-order valence-corrected chi connectivity index (χ2v) is 4.76. The van der Waals surface area contributed by atoms with Crippen molar-refractivity contribution in [3.63, 3.8) is 0 Å². The summed E-state index contributed by atoms with van der Waals surface area (Å²) in [5, 5.41) is 0. The third kappa shape index (κ3) is 3.16. The molecule has 1 saturated heterocycles. The minimum atomic E-state index is -4.17. The Labute approximate surface area is 177 Å². The monoisotopic (exact) mass is 354 g/mol. The first kappa shape index (κ1) is 4.59. The van der Waals surface area contributed by atoms with E-state index >= 15 is 0 Å². The molecule has 2 aliphatic heterocycles. The lowest BCUT2D eigenvalue weighted by atomic mass is 9.79. The van der Waals surface area contributed by atoms with Gasteiger partial charge in [-0.1, -0.05) is 20.2 Å². The Balaban J connectivity index is 2.59. The first-order valence-electron chi connectivity index (χ1n) is 18.3. The van der Waals surface area contributed by atoms with E-state index in [1.165, 1.54) is 0 Å². The third-order valence-electron chi connectivity index (χ3n) is 3.34. The highest BCUT2D eigenvalue weighted by molar-refractivity contribution is 5.83. The second-order valence-electron chi connectivity index (χ2n) is 4.76. The summed E-state index contributed by atoms with van der Waals surface area (Å²) in [7, 11) is -7.09. The van der Waals surface area contributed by atoms with Crippen LogP contribution in [-0.4, -0.2) is 37.8 Å². The summed E-state index contributed by atoms with van der Waals surface area (Å²) in [6.45, 7) is -8.02. The van der Waals surface area contributed by atoms with E-state index in [0.29, 0.717) is 6.92 Å². The molecule has 0 amide bonds. The summed E-state index contributed by atoms with van der Waals surface area (Å²) < 4.78 is 199. The molecule has 132 valence electrons. The Bertz CT molecular complexity index is 1460. The van der Waals surface area contributed by atoms with Crippen LogP contribution in [-0.2, 0) is 11.2 Å². The number of Topliss-reactive ketones (excluding diaryl/α,β-unsaturated/α-hetero) is 1. The predicted molar refractivity (Wildman–Crippen MR) is 94.8 cm³/mol. The zero-order valence-corrected chi connectivity index (χ0v) is 12.5. The van der Waals surface area contributed by atoms with Gasteiger partial charge in [-0.3, -0.25) is 9.69 Å². The van der Waals surface area contributed by atoms with Crippen LogP contribution in [0.15, 0.2) is 12.1 Å². The maximum Gasteiger partial charge on any atom is 0.161 e. The molecule has 0 aromatic heterocycles. The largest absolute Gasteiger partial charge is 0.493 e. The van der Waals surface area contributed by atoms with Crippen LogP contribution in [0, 0.1) is 11.8 Å². The zero-order chi connectivity index (χ0) is 37.3. The minimum absolute atomic E-state index is 0.204. The van der Waals surface area contributed by atoms with Gasteiger partial charge in [-0.15, -0.1) is 0 Å². The highest BCUT2D eigenvalue weighted by Crippen LogP contribution is 2.42. The number of piperidine rings is 1. The summed E-state index contributed by atoms with van der Waals surface area (Å²) in [5.41, 5.74) is -2.88. The van der Waals surface area contributed by atoms with Gasteiger partial charge in [0.15, 0.2) is 11.5 Å². The number of nitrogens with zero attached hydrogens (tertiary/aromatic N) is 1. The van der Waals surface area contributed by atoms with Crippen LogP contribution < -0.4 is 9.47 Å². The molecule has 4 nitrogen and oxygen atoms in total. The van der Waals surface area contributed by atoms with Crippen molar-refractivity contribution >= 4 is 5.78 Å². The van der Waals surface area contributed by atoms with Crippen LogP contribution in [0.25, 0.3) is 0 Å². The van der Waals surface area contributed by atoms with Crippen molar-refractivity contribution < 1.29 is 45.8 Å². The summed E-state index contributed by atoms with van der Waals surface area (Å²) in [4.78, 5) is 13.8. The fourth-order valence-electron chi connectivity index (χ4n) is 2.18. The van der Waals surface area contributed by atoms with Crippen LogP contribution in [0.4, 0.5) is 0 Å². The smallest absolute Gasteiger partial charge is 0.161 e. The van der Waals surface area contributed by atoms with Gasteiger partial charge in [0, 0.05) is 50.5 Å². The Hall–Kier alpha value is -1.55. The number of methoxy groups -OCH3 is 2. The molecular formula is C20H29NO3. The normalized spacial score (nSPS) is 55.1. The Morgan fingerprint density at radius 2 is 2.33 bits per heavy atom. The predicted octanol–water partition coefficient (Wildman–Crippen LogP) is 3.63. The topological polar surface area (TPSA) is 38.8 Å². The van der Waals surface area contributed by atoms with Crippen LogP contribution in [0.5, 0.6) is 11.5 Å². The number of carbonyl (C=O) groups excluding carboxylic acids is 1. The lowest BCUT2D eigenvalue weighted by Crippen LogP contribution is -2.46. The third-order valence-corrected chi connectivity index (χ3v) is 3.34. The number of hydrogen-bond acceptors (Lipinski definition) is 4. The Morgan fingerprint density at radius 3 is 3.04 bits per heavy atom. The molecule has 0 bridgehead atoms. The van der Waals surface area contributed by atoms with E-state index in [9.17, 15) is 6.17 Å². The van der Waals surface area contributed by atoms with Gasteiger partial charge in [-0.2, -0.15) is 0 Å². The summed E-state index contributed by atoms with van der Waals surface area (Å²) >= 11 is 0. The first-order valence-corrected chi connectivity index (χ1v) is 6.68. The van der Waals surface area contributed by atoms with Gasteiger partial charge in [-0.05, 0) is 41.9 Å². The molecule has 1 aromatic carbocycles. The summed E-state index contributed by atoms with van der Waals surface area (Å²) in [6, 6.07) is -6.85. The maximum atomic E-state index is 14.0. The number of hydrogen-bond donors (Lipinski definition) is 0. The van der Waals surface area contributed by atoms with Crippen molar-refractivity contribution in [2.75, 3.05) is 27.1 Å². The van der Waals surface area contributed by atoms with Gasteiger partial charge in [0.25, 0.3) is 0 Å². The van der Waals surface area contributed by atoms with Crippen molar-refractivity contribution in [3.8, 4) is 11.5 Å². The number of benzene rings is 1. The average molecular weight is 355 g/mol. The highest BCUT2D eigenvalue weighted by atomic mass is 16.5. The number of ether oxygens (including phenoxy) is 2. The van der Waals surface area contributed by atoms with Gasteiger partial charge in [0.1, 0.15) is 5.78 Å². The van der Waals surface area contributed by atoms with E-state index in [4.69, 9.17) is 30.2 Å². The average Bonchev–Trinajstić information content (AvgIpc) is 2.85. The molecular weight excluding hydrogens is 302 g/mol. The van der Waals surface area contributed by atoms with Gasteiger partial charge in [-0.25, -0.2) is 0 Å². The number of fused-ring (bicyclic) bond motifs is 3. The lowest BCUT2D eigenvalue weighted by molar-refractivity contribution is -0.129. The molecule has 2 heterocycles. The fourth-order valence-corrected chi connectivity index (χ4v) is 2.18. The molecule has 0 aliphatic carbocycles. The molecule has 0 saturated carbocycles. The van der Waals surface area contributed by atoms with Gasteiger partial charge >= 0.3 is 0 Å². The number of rotatable bonds is 5. The van der Waals surface area contributed by atoms with E-state index < -0.39 is 118 Å². The zero-order valence-electron chi connectivity index (χ0n) is 35.5. The molecule has 2 aliphatic rings. The molecule has 3 atom stereocenters. The standard InChI is InChI=1S/C20H29NO3/c1-5-13(2)8-15-12-21-7-6-14-9-19(23-3)20(24-4)10-16(14)17(21)11-18(15)22/h9-10,13,15,17H,5-8,11-12H2,1-4H3/i2D2,3D3,4D3,5D2,6D2,7D2,8D2,9D,10D,11D2,13D,15D,17D. The molecule has 3 unspecified atom stereocenters. The van der Waals surface area contributed by atoms with Crippen molar-refractivity contribution in [1.29, 1.82) is 0 Å². The molecule has 3 rings (SSSR count). The maximum absolute atomic E-state index is 14.0. The molecule has 0 radical (unpaired) electrons. The molecule has 4 heteroatoms. The van der Waals surface area contributed by atoms with Crippen LogP contribution in [0.2, 0.25) is 0 Å². The molecule has 24 heavy (non-hydrogen) atoms. The van der Waals surface area contributed by atoms with Gasteiger partial charge in [0.2, 0.25) is 0 Å². The quantitative estimate of drug-likeness (QED) is 0.809. The minimum Gasteiger partial charge on any atom is -0.493 e. The lowest BCUT2D eigenvalue weighted by Gasteiger charge is -2.43. The van der Waals surface area contributed by atoms with Crippen LogP contribution >= 0.6 is 0 Å². The highest BCUT2D eigenvalue weighted by Gasteiger charge is 2.38. The molecule has 1 fully saturated rings. The van der Waals surface area contributed by atoms with Crippen molar-refractivity contribution in [3.05, 3.63) is 23.2 Å². The van der Waals surface area contributed by atoms with Gasteiger partial charge in [0.05, 0.1) is 26.4 Å². The van der Waals surface area contributed by atoms with E-state index in [1.807, 2.05) is 0 Å².